The fourth-order valence-electron chi connectivity index (χ4n) is 0.988. The number of hydrogen-bond donors (Lipinski definition) is 1. The fourth-order valence-corrected chi connectivity index (χ4v) is 1.39. The van der Waals surface area contributed by atoms with Gasteiger partial charge in [0.1, 0.15) is 0 Å². The lowest BCUT2D eigenvalue weighted by atomic mass is 10.0. The molecule has 1 rings (SSSR count). The van der Waals surface area contributed by atoms with Crippen molar-refractivity contribution in [1.82, 2.24) is 5.32 Å². The fraction of sp³-hybridized carbons (Fsp3) is 0.500. The van der Waals surface area contributed by atoms with E-state index in [0.717, 1.165) is 5.03 Å². The van der Waals surface area contributed by atoms with Crippen molar-refractivity contribution in [3.8, 4) is 0 Å². The molecular weight excluding hydrogens is 172 g/mol. The molecule has 0 aromatic heterocycles. The summed E-state index contributed by atoms with van der Waals surface area (Å²) in [5.41, 5.74) is 0. The topological polar surface area (TPSA) is 41.5 Å². The van der Waals surface area contributed by atoms with Gasteiger partial charge in [-0.15, -0.1) is 11.8 Å². The Kier molecular flexibility index (Phi) is 3.49. The van der Waals surface area contributed by atoms with Gasteiger partial charge in [0, 0.05) is 18.8 Å². The first kappa shape index (κ1) is 9.48. The summed E-state index contributed by atoms with van der Waals surface area (Å²) in [6.07, 6.45) is 5.23. The Morgan fingerprint density at radius 2 is 2.50 bits per heavy atom. The molecule has 1 unspecified atom stereocenters. The van der Waals surface area contributed by atoms with E-state index in [1.165, 1.54) is 11.8 Å². The molecule has 12 heavy (non-hydrogen) atoms. The third-order valence-electron chi connectivity index (χ3n) is 1.65. The zero-order valence-electron chi connectivity index (χ0n) is 7.20. The molecule has 0 aliphatic carbocycles. The van der Waals surface area contributed by atoms with E-state index in [1.54, 1.807) is 12.3 Å². The predicted molar refractivity (Wildman–Crippen MR) is 52.5 cm³/mol. The second-order valence-electron chi connectivity index (χ2n) is 2.53. The Hall–Kier alpha value is -0.610. The van der Waals surface area contributed by atoms with Crippen LogP contribution in [0.25, 0.3) is 0 Å². The number of rotatable bonds is 3. The molecule has 0 bridgehead atoms. The summed E-state index contributed by atoms with van der Waals surface area (Å²) in [5, 5.41) is 3.75. The van der Waals surface area contributed by atoms with Gasteiger partial charge in [0.15, 0.2) is 5.78 Å². The average Bonchev–Trinajstić information content (AvgIpc) is 2.09. The summed E-state index contributed by atoms with van der Waals surface area (Å²) in [6.45, 7) is 0.667. The first-order valence-corrected chi connectivity index (χ1v) is 4.98. The van der Waals surface area contributed by atoms with E-state index in [2.05, 4.69) is 10.3 Å². The quantitative estimate of drug-likeness (QED) is 0.701. The summed E-state index contributed by atoms with van der Waals surface area (Å²) >= 11 is 1.49. The minimum atomic E-state index is -0.0779. The standard InChI is InChI=1S/C8H12N2OS/c1-9-4-6-5-10-8(12-2)3-7(6)11/h3,5-6,9H,4H2,1-2H3. The van der Waals surface area contributed by atoms with Crippen LogP contribution < -0.4 is 5.32 Å². The molecule has 0 saturated heterocycles. The highest BCUT2D eigenvalue weighted by Crippen LogP contribution is 2.17. The number of nitrogens with zero attached hydrogens (tertiary/aromatic N) is 1. The van der Waals surface area contributed by atoms with Gasteiger partial charge in [0.25, 0.3) is 0 Å². The maximum absolute atomic E-state index is 11.3. The number of allylic oxidation sites excluding steroid dienone is 1. The van der Waals surface area contributed by atoms with Crippen LogP contribution in [-0.4, -0.2) is 31.8 Å². The van der Waals surface area contributed by atoms with Crippen LogP contribution >= 0.6 is 11.8 Å². The molecule has 0 radical (unpaired) electrons. The lowest BCUT2D eigenvalue weighted by molar-refractivity contribution is -0.116. The third-order valence-corrected chi connectivity index (χ3v) is 2.29. The number of hydrogen-bond acceptors (Lipinski definition) is 4. The van der Waals surface area contributed by atoms with E-state index in [4.69, 9.17) is 0 Å². The summed E-state index contributed by atoms with van der Waals surface area (Å²) in [6, 6.07) is 0. The van der Waals surface area contributed by atoms with Crippen molar-refractivity contribution in [2.45, 2.75) is 0 Å². The average molecular weight is 184 g/mol. The largest absolute Gasteiger partial charge is 0.319 e. The van der Waals surface area contributed by atoms with Crippen LogP contribution in [0.4, 0.5) is 0 Å². The molecule has 66 valence electrons. The van der Waals surface area contributed by atoms with Crippen molar-refractivity contribution >= 4 is 23.8 Å². The van der Waals surface area contributed by atoms with E-state index in [0.29, 0.717) is 6.54 Å². The van der Waals surface area contributed by atoms with Crippen molar-refractivity contribution in [3.05, 3.63) is 11.1 Å². The Labute approximate surface area is 76.3 Å². The summed E-state index contributed by atoms with van der Waals surface area (Å²) in [4.78, 5) is 15.5. The van der Waals surface area contributed by atoms with E-state index >= 15 is 0 Å². The van der Waals surface area contributed by atoms with Crippen LogP contribution in [0.3, 0.4) is 0 Å². The summed E-state index contributed by atoms with van der Waals surface area (Å²) in [7, 11) is 1.83. The maximum Gasteiger partial charge on any atom is 0.168 e. The van der Waals surface area contributed by atoms with Crippen LogP contribution in [0.5, 0.6) is 0 Å². The Morgan fingerprint density at radius 1 is 1.75 bits per heavy atom. The van der Waals surface area contributed by atoms with E-state index in [9.17, 15) is 4.79 Å². The predicted octanol–water partition coefficient (Wildman–Crippen LogP) is 0.680. The van der Waals surface area contributed by atoms with Gasteiger partial charge in [0.2, 0.25) is 0 Å². The Bertz CT molecular complexity index is 235. The van der Waals surface area contributed by atoms with Gasteiger partial charge in [-0.2, -0.15) is 0 Å². The number of nitrogens with one attached hydrogen (secondary N) is 1. The zero-order valence-corrected chi connectivity index (χ0v) is 8.02. The van der Waals surface area contributed by atoms with Crippen LogP contribution in [0.2, 0.25) is 0 Å². The summed E-state index contributed by atoms with van der Waals surface area (Å²) in [5.74, 6) is 0.0644. The molecule has 3 nitrogen and oxygen atoms in total. The summed E-state index contributed by atoms with van der Waals surface area (Å²) < 4.78 is 0. The minimum Gasteiger partial charge on any atom is -0.319 e. The Morgan fingerprint density at radius 3 is 3.00 bits per heavy atom. The monoisotopic (exact) mass is 184 g/mol. The SMILES string of the molecule is CNCC1C=NC(SC)=CC1=O. The van der Waals surface area contributed by atoms with Gasteiger partial charge in [-0.1, -0.05) is 0 Å². The third kappa shape index (κ3) is 2.19. The molecule has 0 aromatic rings. The van der Waals surface area contributed by atoms with Crippen molar-refractivity contribution in [3.63, 3.8) is 0 Å². The van der Waals surface area contributed by atoms with Gasteiger partial charge >= 0.3 is 0 Å². The second kappa shape index (κ2) is 4.42. The van der Waals surface area contributed by atoms with Crippen LogP contribution in [0.1, 0.15) is 0 Å². The zero-order chi connectivity index (χ0) is 8.97. The van der Waals surface area contributed by atoms with E-state index in [1.807, 2.05) is 13.3 Å². The van der Waals surface area contributed by atoms with Crippen molar-refractivity contribution in [2.24, 2.45) is 10.9 Å². The first-order valence-electron chi connectivity index (χ1n) is 3.76. The lowest BCUT2D eigenvalue weighted by Gasteiger charge is -2.12. The lowest BCUT2D eigenvalue weighted by Crippen LogP contribution is -2.27. The molecule has 4 heteroatoms. The molecule has 0 spiro atoms. The molecule has 0 saturated carbocycles. The number of thioether (sulfide) groups is 1. The number of carbonyl (C=O) groups excluding carboxylic acids is 1. The van der Waals surface area contributed by atoms with E-state index in [-0.39, 0.29) is 11.7 Å². The van der Waals surface area contributed by atoms with Crippen molar-refractivity contribution in [1.29, 1.82) is 0 Å². The minimum absolute atomic E-state index is 0.0779. The molecule has 0 fully saturated rings. The van der Waals surface area contributed by atoms with Gasteiger partial charge in [-0.25, -0.2) is 0 Å². The smallest absolute Gasteiger partial charge is 0.168 e. The highest BCUT2D eigenvalue weighted by atomic mass is 32.2. The molecule has 1 atom stereocenters. The number of ketones is 1. The van der Waals surface area contributed by atoms with Gasteiger partial charge in [-0.3, -0.25) is 9.79 Å². The molecule has 0 aromatic carbocycles. The highest BCUT2D eigenvalue weighted by molar-refractivity contribution is 8.02. The highest BCUT2D eigenvalue weighted by Gasteiger charge is 2.17. The van der Waals surface area contributed by atoms with Gasteiger partial charge < -0.3 is 5.32 Å². The van der Waals surface area contributed by atoms with Crippen LogP contribution in [0, 0.1) is 5.92 Å². The van der Waals surface area contributed by atoms with Crippen LogP contribution in [0.15, 0.2) is 16.1 Å². The molecular formula is C8H12N2OS. The second-order valence-corrected chi connectivity index (χ2v) is 3.36. The molecule has 0 amide bonds. The first-order chi connectivity index (χ1) is 5.77. The molecule has 1 aliphatic rings. The number of carbonyl (C=O) groups is 1. The van der Waals surface area contributed by atoms with Crippen LogP contribution in [-0.2, 0) is 4.79 Å². The normalized spacial score (nSPS) is 22.7. The van der Waals surface area contributed by atoms with Crippen molar-refractivity contribution in [2.75, 3.05) is 19.8 Å². The molecule has 1 N–H and O–H groups in total. The van der Waals surface area contributed by atoms with Gasteiger partial charge in [-0.05, 0) is 13.3 Å². The van der Waals surface area contributed by atoms with Crippen molar-refractivity contribution < 1.29 is 4.79 Å². The van der Waals surface area contributed by atoms with E-state index < -0.39 is 0 Å². The molecule has 1 aliphatic heterocycles. The number of aliphatic imine (C=N–C) groups is 1. The maximum atomic E-state index is 11.3. The van der Waals surface area contributed by atoms with Gasteiger partial charge in [0.05, 0.1) is 10.9 Å². The Balaban J connectivity index is 2.62. The molecule has 1 heterocycles.